The van der Waals surface area contributed by atoms with Gasteiger partial charge in [-0.25, -0.2) is 9.78 Å². The molecule has 7 atom stereocenters. The van der Waals surface area contributed by atoms with Gasteiger partial charge in [0.2, 0.25) is 35.4 Å². The topological polar surface area (TPSA) is 333 Å². The number of aliphatic imine (C=N–C) groups is 1. The van der Waals surface area contributed by atoms with Crippen LogP contribution in [-0.2, 0) is 52.8 Å². The van der Waals surface area contributed by atoms with Crippen LogP contribution in [0.4, 0.5) is 0 Å². The zero-order valence-electron chi connectivity index (χ0n) is 38.4. The van der Waals surface area contributed by atoms with E-state index in [2.05, 4.69) is 57.2 Å². The van der Waals surface area contributed by atoms with Crippen molar-refractivity contribution in [1.29, 1.82) is 0 Å². The Kier molecular flexibility index (Phi) is 20.8. The van der Waals surface area contributed by atoms with E-state index in [0.717, 1.165) is 22.9 Å². The number of aromatic amines is 2. The molecule has 6 amide bonds. The van der Waals surface area contributed by atoms with Gasteiger partial charge in [-0.2, -0.15) is 0 Å². The molecular weight excluding hydrogens is 863 g/mol. The molecule has 14 N–H and O–H groups in total. The lowest BCUT2D eigenvalue weighted by Gasteiger charge is -2.27. The predicted octanol–water partition coefficient (Wildman–Crippen LogP) is 0.174. The molecule has 0 bridgehead atoms. The highest BCUT2D eigenvalue weighted by Crippen LogP contribution is 2.19. The highest BCUT2D eigenvalue weighted by atomic mass is 16.4. The van der Waals surface area contributed by atoms with Crippen molar-refractivity contribution in [3.8, 4) is 0 Å². The summed E-state index contributed by atoms with van der Waals surface area (Å²) in [5.41, 5.74) is 14.0. The van der Waals surface area contributed by atoms with Crippen LogP contribution >= 0.6 is 0 Å². The fraction of sp³-hybridized carbons (Fsp3) is 0.457. The molecule has 2 aromatic carbocycles. The lowest BCUT2D eigenvalue weighted by Crippen LogP contribution is -2.58. The predicted molar refractivity (Wildman–Crippen MR) is 252 cm³/mol. The van der Waals surface area contributed by atoms with Crippen molar-refractivity contribution in [2.75, 3.05) is 13.1 Å². The number of nitrogens with zero attached hydrogens (tertiary/aromatic N) is 2. The number of fused-ring (bicyclic) bond motifs is 1. The van der Waals surface area contributed by atoms with Crippen LogP contribution in [-0.4, -0.2) is 123 Å². The van der Waals surface area contributed by atoms with E-state index in [9.17, 15) is 38.7 Å². The number of hydrogen-bond acceptors (Lipinski definition) is 10. The molecule has 21 heteroatoms. The highest BCUT2D eigenvalue weighted by Gasteiger charge is 2.31. The molecule has 7 unspecified atom stereocenters. The Morgan fingerprint density at radius 3 is 1.94 bits per heavy atom. The maximum absolute atomic E-state index is 14.3. The number of carbonyl (C=O) groups excluding carboxylic acids is 6. The van der Waals surface area contributed by atoms with Crippen molar-refractivity contribution in [3.63, 3.8) is 0 Å². The molecule has 67 heavy (non-hydrogen) atoms. The van der Waals surface area contributed by atoms with Gasteiger partial charge in [0.15, 0.2) is 5.96 Å². The van der Waals surface area contributed by atoms with Gasteiger partial charge < -0.3 is 63.8 Å². The maximum Gasteiger partial charge on any atom is 0.326 e. The van der Waals surface area contributed by atoms with Gasteiger partial charge in [-0.15, -0.1) is 0 Å². The molecule has 0 aliphatic carbocycles. The Hall–Kier alpha value is -7.29. The van der Waals surface area contributed by atoms with Crippen molar-refractivity contribution in [1.82, 2.24) is 52.2 Å². The molecule has 0 spiro atoms. The second-order valence-electron chi connectivity index (χ2n) is 16.5. The lowest BCUT2D eigenvalue weighted by atomic mass is 10.0. The van der Waals surface area contributed by atoms with Crippen molar-refractivity contribution in [2.24, 2.45) is 16.5 Å². The number of imidazole rings is 1. The van der Waals surface area contributed by atoms with Gasteiger partial charge in [0.05, 0.1) is 12.4 Å². The van der Waals surface area contributed by atoms with E-state index in [0.29, 0.717) is 24.1 Å². The van der Waals surface area contributed by atoms with Gasteiger partial charge in [-0.1, -0.05) is 68.3 Å². The molecule has 2 aromatic heterocycles. The fourth-order valence-corrected chi connectivity index (χ4v) is 7.30. The smallest absolute Gasteiger partial charge is 0.326 e. The maximum atomic E-state index is 14.3. The number of nitrogens with one attached hydrogen (secondary N) is 9. The van der Waals surface area contributed by atoms with Gasteiger partial charge >= 0.3 is 5.97 Å². The summed E-state index contributed by atoms with van der Waals surface area (Å²) in [5.74, 6) is -4.82. The first kappa shape index (κ1) is 52.3. The number of carbonyl (C=O) groups is 7. The number of carboxylic acid groups (broad SMARTS) is 1. The number of guanidine groups is 1. The molecule has 0 aliphatic heterocycles. The van der Waals surface area contributed by atoms with E-state index < -0.39 is 77.8 Å². The standard InChI is InChI=1S/C46H65N13O8/c1-5-6-16-36(56-29(4)60)42(63)54-27(2)40(61)57-33(22-32-24-49-26-53-32)25-52-38(20-30-13-8-7-9-14-30)44(65)58-37(18-12-19-50-46(47)48)43(64)55-28(3)41(62)59-39(45(66)67)21-31-23-51-35-17-11-10-15-34(31)35/h7-11,13-15,17,23-24,26-28,33,36-39,51-52H,5-6,12,16,18-22,25H2,1-4H3,(H,49,53)(H,54,63)(H,55,64)(H,56,60)(H,57,61)(H,58,65)(H,59,62)(H,66,67)(H4,47,48,50). The molecule has 0 aliphatic rings. The minimum absolute atomic E-state index is 0.0213. The summed E-state index contributed by atoms with van der Waals surface area (Å²) in [7, 11) is 0. The number of H-pyrrole nitrogens is 2. The van der Waals surface area contributed by atoms with E-state index in [1.54, 1.807) is 12.4 Å². The Morgan fingerprint density at radius 1 is 0.701 bits per heavy atom. The first-order valence-corrected chi connectivity index (χ1v) is 22.4. The molecule has 4 rings (SSSR count). The van der Waals surface area contributed by atoms with E-state index in [1.165, 1.54) is 27.1 Å². The number of para-hydroxylation sites is 1. The third-order valence-electron chi connectivity index (χ3n) is 10.9. The molecule has 21 nitrogen and oxygen atoms in total. The van der Waals surface area contributed by atoms with Crippen LogP contribution in [0.15, 0.2) is 78.3 Å². The van der Waals surface area contributed by atoms with Crippen molar-refractivity contribution in [3.05, 3.63) is 90.1 Å². The molecule has 362 valence electrons. The number of benzene rings is 2. The normalized spacial score (nSPS) is 14.2. The van der Waals surface area contributed by atoms with Crippen LogP contribution in [0.1, 0.15) is 76.6 Å². The second-order valence-corrected chi connectivity index (χ2v) is 16.5. The average molecular weight is 928 g/mol. The molecule has 2 heterocycles. The Morgan fingerprint density at radius 2 is 1.31 bits per heavy atom. The van der Waals surface area contributed by atoms with E-state index >= 15 is 0 Å². The number of aliphatic carboxylic acids is 1. The first-order valence-electron chi connectivity index (χ1n) is 22.4. The Labute approximate surface area is 389 Å². The summed E-state index contributed by atoms with van der Waals surface area (Å²) in [6, 6.07) is 9.40. The summed E-state index contributed by atoms with van der Waals surface area (Å²) in [6.07, 6.45) is 7.40. The van der Waals surface area contributed by atoms with E-state index in [-0.39, 0.29) is 57.1 Å². The zero-order valence-corrected chi connectivity index (χ0v) is 38.4. The third-order valence-corrected chi connectivity index (χ3v) is 10.9. The van der Waals surface area contributed by atoms with Crippen molar-refractivity contribution < 1.29 is 38.7 Å². The van der Waals surface area contributed by atoms with Crippen LogP contribution in [0, 0.1) is 0 Å². The number of hydrogen-bond donors (Lipinski definition) is 12. The minimum Gasteiger partial charge on any atom is -0.480 e. The molecule has 0 radical (unpaired) electrons. The SMILES string of the molecule is CCCCC(NC(C)=O)C(=O)NC(C)C(=O)NC(CNC(Cc1ccccc1)C(=O)NC(CCCN=C(N)N)C(=O)NC(C)C(=O)NC(Cc1c[nH]c2ccccc12)C(=O)O)Cc1cnc[nH]1. The van der Waals surface area contributed by atoms with Crippen LogP contribution in [0.3, 0.4) is 0 Å². The quantitative estimate of drug-likeness (QED) is 0.0206. The Balaban J connectivity index is 1.50. The molecule has 0 fully saturated rings. The third kappa shape index (κ3) is 17.6. The van der Waals surface area contributed by atoms with Crippen LogP contribution < -0.4 is 48.7 Å². The molecule has 0 saturated heterocycles. The molecular formula is C46H65N13O8. The summed E-state index contributed by atoms with van der Waals surface area (Å²) < 4.78 is 0. The molecule has 4 aromatic rings. The van der Waals surface area contributed by atoms with Gasteiger partial charge in [-0.05, 0) is 56.7 Å². The second kappa shape index (κ2) is 26.6. The molecule has 0 saturated carbocycles. The highest BCUT2D eigenvalue weighted by molar-refractivity contribution is 5.95. The van der Waals surface area contributed by atoms with Crippen LogP contribution in [0.2, 0.25) is 0 Å². The zero-order chi connectivity index (χ0) is 48.9. The van der Waals surface area contributed by atoms with E-state index in [4.69, 9.17) is 11.5 Å². The minimum atomic E-state index is -1.31. The van der Waals surface area contributed by atoms with Crippen LogP contribution in [0.5, 0.6) is 0 Å². The number of aromatic nitrogens is 3. The first-order chi connectivity index (χ1) is 32.0. The summed E-state index contributed by atoms with van der Waals surface area (Å²) in [6.45, 7) is 6.40. The van der Waals surface area contributed by atoms with Gasteiger partial charge in [0.1, 0.15) is 30.2 Å². The van der Waals surface area contributed by atoms with Crippen molar-refractivity contribution in [2.45, 2.75) is 121 Å². The van der Waals surface area contributed by atoms with Crippen LogP contribution in [0.25, 0.3) is 10.9 Å². The monoisotopic (exact) mass is 928 g/mol. The van der Waals surface area contributed by atoms with E-state index in [1.807, 2.05) is 61.5 Å². The number of unbranched alkanes of at least 4 members (excludes halogenated alkanes) is 1. The lowest BCUT2D eigenvalue weighted by molar-refractivity contribution is -0.142. The van der Waals surface area contributed by atoms with Gasteiger partial charge in [-0.3, -0.25) is 33.8 Å². The van der Waals surface area contributed by atoms with Gasteiger partial charge in [0, 0.05) is 67.9 Å². The fourth-order valence-electron chi connectivity index (χ4n) is 7.30. The Bertz CT molecular complexity index is 2280. The van der Waals surface area contributed by atoms with Crippen molar-refractivity contribution >= 4 is 58.3 Å². The number of carboxylic acids is 1. The summed E-state index contributed by atoms with van der Waals surface area (Å²) in [5, 5.41) is 30.4. The average Bonchev–Trinajstić information content (AvgIpc) is 3.97. The summed E-state index contributed by atoms with van der Waals surface area (Å²) in [4.78, 5) is 107. The largest absolute Gasteiger partial charge is 0.480 e. The number of amides is 6. The van der Waals surface area contributed by atoms with Gasteiger partial charge in [0.25, 0.3) is 0 Å². The summed E-state index contributed by atoms with van der Waals surface area (Å²) >= 11 is 0. The number of nitrogens with two attached hydrogens (primary N) is 2. The number of rotatable bonds is 28.